The van der Waals surface area contributed by atoms with Crippen molar-refractivity contribution in [2.45, 2.75) is 0 Å². The van der Waals surface area contributed by atoms with Crippen molar-refractivity contribution in [3.63, 3.8) is 0 Å². The van der Waals surface area contributed by atoms with Crippen LogP contribution < -0.4 is 5.73 Å². The van der Waals surface area contributed by atoms with Crippen LogP contribution in [0.1, 0.15) is 0 Å². The number of rotatable bonds is 2. The Balaban J connectivity index is 2.47. The highest BCUT2D eigenvalue weighted by Gasteiger charge is 2.14. The Labute approximate surface area is 92.7 Å². The summed E-state index contributed by atoms with van der Waals surface area (Å²) in [7, 11) is 0. The van der Waals surface area contributed by atoms with Crippen LogP contribution in [0.2, 0.25) is 0 Å². The van der Waals surface area contributed by atoms with E-state index in [1.54, 1.807) is 0 Å². The second-order valence-corrected chi connectivity index (χ2v) is 3.88. The smallest absolute Gasteiger partial charge is 0.272 e. The number of benzene rings is 1. The minimum Gasteiger partial charge on any atom is -0.374 e. The normalized spacial score (nSPS) is 10.3. The number of nitrogens with zero attached hydrogens (tertiary/aromatic N) is 3. The van der Waals surface area contributed by atoms with Gasteiger partial charge in [0, 0.05) is 11.6 Å². The molecule has 0 amide bonds. The van der Waals surface area contributed by atoms with Crippen molar-refractivity contribution in [1.29, 1.82) is 0 Å². The summed E-state index contributed by atoms with van der Waals surface area (Å²) in [6, 6.07) is 3.33. The van der Waals surface area contributed by atoms with Gasteiger partial charge in [-0.15, -0.1) is 10.2 Å². The van der Waals surface area contributed by atoms with Crippen molar-refractivity contribution in [3.8, 4) is 10.6 Å². The van der Waals surface area contributed by atoms with Crippen molar-refractivity contribution < 1.29 is 9.31 Å². The SMILES string of the molecule is Nc1nnc(-c2ccc([N+](=O)[O-])cc2F)s1. The summed E-state index contributed by atoms with van der Waals surface area (Å²) in [5, 5.41) is 18.1. The molecule has 1 heterocycles. The Bertz CT molecular complexity index is 557. The highest BCUT2D eigenvalue weighted by Crippen LogP contribution is 2.29. The van der Waals surface area contributed by atoms with Crippen LogP contribution in [0.3, 0.4) is 0 Å². The van der Waals surface area contributed by atoms with Gasteiger partial charge in [-0.1, -0.05) is 11.3 Å². The zero-order valence-corrected chi connectivity index (χ0v) is 8.57. The van der Waals surface area contributed by atoms with Crippen LogP contribution in [0, 0.1) is 15.9 Å². The quantitative estimate of drug-likeness (QED) is 0.638. The summed E-state index contributed by atoms with van der Waals surface area (Å²) in [6.45, 7) is 0. The van der Waals surface area contributed by atoms with E-state index < -0.39 is 10.7 Å². The van der Waals surface area contributed by atoms with E-state index in [1.165, 1.54) is 12.1 Å². The zero-order chi connectivity index (χ0) is 11.7. The van der Waals surface area contributed by atoms with Crippen LogP contribution in [-0.4, -0.2) is 15.1 Å². The largest absolute Gasteiger partial charge is 0.374 e. The topological polar surface area (TPSA) is 94.9 Å². The predicted molar refractivity (Wildman–Crippen MR) is 56.4 cm³/mol. The highest BCUT2D eigenvalue weighted by atomic mass is 32.1. The van der Waals surface area contributed by atoms with Gasteiger partial charge in [0.05, 0.1) is 11.0 Å². The molecular formula is C8H5FN4O2S. The molecule has 2 aromatic rings. The number of nitro benzene ring substituents is 1. The number of non-ortho nitro benzene ring substituents is 1. The molecule has 1 aromatic carbocycles. The number of halogens is 1. The van der Waals surface area contributed by atoms with E-state index in [9.17, 15) is 14.5 Å². The van der Waals surface area contributed by atoms with E-state index in [0.29, 0.717) is 5.01 Å². The fourth-order valence-electron chi connectivity index (χ4n) is 1.13. The van der Waals surface area contributed by atoms with Crippen LogP contribution in [-0.2, 0) is 0 Å². The summed E-state index contributed by atoms with van der Waals surface area (Å²) in [5.41, 5.74) is 5.20. The first-order chi connectivity index (χ1) is 7.58. The lowest BCUT2D eigenvalue weighted by Crippen LogP contribution is -1.90. The fourth-order valence-corrected chi connectivity index (χ4v) is 1.77. The molecule has 0 fully saturated rings. The Hall–Kier alpha value is -2.09. The summed E-state index contributed by atoms with van der Waals surface area (Å²) in [4.78, 5) is 9.73. The molecule has 0 aliphatic carbocycles. The minimum absolute atomic E-state index is 0.153. The van der Waals surface area contributed by atoms with Gasteiger partial charge < -0.3 is 5.73 Å². The number of hydrogen-bond donors (Lipinski definition) is 1. The molecule has 2 N–H and O–H groups in total. The number of nitrogen functional groups attached to an aromatic ring is 1. The van der Waals surface area contributed by atoms with Gasteiger partial charge in [0.25, 0.3) is 5.69 Å². The molecule has 0 unspecified atom stereocenters. The second-order valence-electron chi connectivity index (χ2n) is 2.87. The molecule has 0 aliphatic heterocycles. The summed E-state index contributed by atoms with van der Waals surface area (Å²) >= 11 is 1.01. The number of anilines is 1. The fraction of sp³-hybridized carbons (Fsp3) is 0. The average molecular weight is 240 g/mol. The lowest BCUT2D eigenvalue weighted by molar-refractivity contribution is -0.385. The van der Waals surface area contributed by atoms with E-state index in [-0.39, 0.29) is 16.4 Å². The van der Waals surface area contributed by atoms with Crippen molar-refractivity contribution in [2.75, 3.05) is 5.73 Å². The van der Waals surface area contributed by atoms with Crippen molar-refractivity contribution >= 4 is 22.2 Å². The zero-order valence-electron chi connectivity index (χ0n) is 7.75. The van der Waals surface area contributed by atoms with E-state index in [4.69, 9.17) is 5.73 Å². The average Bonchev–Trinajstić information content (AvgIpc) is 2.64. The van der Waals surface area contributed by atoms with Gasteiger partial charge >= 0.3 is 0 Å². The Morgan fingerprint density at radius 2 is 2.19 bits per heavy atom. The first kappa shape index (κ1) is 10.4. The molecule has 0 radical (unpaired) electrons. The van der Waals surface area contributed by atoms with Crippen molar-refractivity contribution in [1.82, 2.24) is 10.2 Å². The summed E-state index contributed by atoms with van der Waals surface area (Å²) in [6.07, 6.45) is 0. The van der Waals surface area contributed by atoms with Crippen LogP contribution in [0.4, 0.5) is 15.2 Å². The standard InChI is InChI=1S/C8H5FN4O2S/c9-6-3-4(13(14)15)1-2-5(6)7-11-12-8(10)16-7/h1-3H,(H2,10,12). The van der Waals surface area contributed by atoms with Crippen molar-refractivity contribution in [3.05, 3.63) is 34.1 Å². The van der Waals surface area contributed by atoms with Gasteiger partial charge in [-0.3, -0.25) is 10.1 Å². The van der Waals surface area contributed by atoms with Crippen molar-refractivity contribution in [2.24, 2.45) is 0 Å². The van der Waals surface area contributed by atoms with E-state index in [0.717, 1.165) is 17.4 Å². The van der Waals surface area contributed by atoms with Gasteiger partial charge in [-0.2, -0.15) is 0 Å². The van der Waals surface area contributed by atoms with Crippen LogP contribution in [0.5, 0.6) is 0 Å². The molecule has 0 saturated carbocycles. The van der Waals surface area contributed by atoms with E-state index >= 15 is 0 Å². The molecule has 0 bridgehead atoms. The number of nitro groups is 1. The molecule has 2 rings (SSSR count). The molecule has 6 nitrogen and oxygen atoms in total. The Kier molecular flexibility index (Phi) is 2.49. The van der Waals surface area contributed by atoms with Crippen LogP contribution >= 0.6 is 11.3 Å². The summed E-state index contributed by atoms with van der Waals surface area (Å²) in [5.74, 6) is -0.717. The van der Waals surface area contributed by atoms with E-state index in [1.807, 2.05) is 0 Å². The first-order valence-electron chi connectivity index (χ1n) is 4.11. The van der Waals surface area contributed by atoms with Gasteiger partial charge in [-0.05, 0) is 6.07 Å². The van der Waals surface area contributed by atoms with Crippen LogP contribution in [0.15, 0.2) is 18.2 Å². The third kappa shape index (κ3) is 1.82. The van der Waals surface area contributed by atoms with Gasteiger partial charge in [0.1, 0.15) is 5.82 Å². The molecule has 0 spiro atoms. The molecule has 16 heavy (non-hydrogen) atoms. The van der Waals surface area contributed by atoms with Gasteiger partial charge in [-0.25, -0.2) is 4.39 Å². The highest BCUT2D eigenvalue weighted by molar-refractivity contribution is 7.18. The maximum Gasteiger partial charge on any atom is 0.272 e. The molecule has 8 heteroatoms. The Morgan fingerprint density at radius 3 is 2.69 bits per heavy atom. The van der Waals surface area contributed by atoms with E-state index in [2.05, 4.69) is 10.2 Å². The van der Waals surface area contributed by atoms with Gasteiger partial charge in [0.15, 0.2) is 5.01 Å². The summed E-state index contributed by atoms with van der Waals surface area (Å²) < 4.78 is 13.5. The molecule has 0 atom stereocenters. The number of nitrogens with two attached hydrogens (primary N) is 1. The second kappa shape index (κ2) is 3.81. The predicted octanol–water partition coefficient (Wildman–Crippen LogP) is 1.83. The first-order valence-corrected chi connectivity index (χ1v) is 4.93. The monoisotopic (exact) mass is 240 g/mol. The molecule has 0 aliphatic rings. The van der Waals surface area contributed by atoms with Crippen LogP contribution in [0.25, 0.3) is 10.6 Å². The lowest BCUT2D eigenvalue weighted by Gasteiger charge is -1.97. The van der Waals surface area contributed by atoms with Gasteiger partial charge in [0.2, 0.25) is 5.13 Å². The number of hydrogen-bond acceptors (Lipinski definition) is 6. The molecule has 82 valence electrons. The molecule has 1 aromatic heterocycles. The lowest BCUT2D eigenvalue weighted by atomic mass is 10.2. The minimum atomic E-state index is -0.717. The molecule has 0 saturated heterocycles. The third-order valence-corrected chi connectivity index (χ3v) is 2.62. The Morgan fingerprint density at radius 1 is 1.44 bits per heavy atom. The maximum absolute atomic E-state index is 13.5. The number of aromatic nitrogens is 2. The molecular weight excluding hydrogens is 235 g/mol. The maximum atomic E-state index is 13.5. The third-order valence-electron chi connectivity index (χ3n) is 1.83.